The molecule has 0 radical (unpaired) electrons. The lowest BCUT2D eigenvalue weighted by Gasteiger charge is -2.09. The van der Waals surface area contributed by atoms with Crippen LogP contribution in [-0.4, -0.2) is 35.0 Å². The lowest BCUT2D eigenvalue weighted by molar-refractivity contribution is 0.103. The van der Waals surface area contributed by atoms with Gasteiger partial charge in [0.05, 0.1) is 24.3 Å². The van der Waals surface area contributed by atoms with Gasteiger partial charge in [0.2, 0.25) is 0 Å². The second kappa shape index (κ2) is 11.5. The number of carbonyl (C=O) groups is 2. The number of ether oxygens (including phenoxy) is 2. The summed E-state index contributed by atoms with van der Waals surface area (Å²) in [5, 5.41) is 20.6. The van der Waals surface area contributed by atoms with Crippen LogP contribution < -0.4 is 9.47 Å². The summed E-state index contributed by atoms with van der Waals surface area (Å²) in [6, 6.07) is 23.1. The van der Waals surface area contributed by atoms with Crippen molar-refractivity contribution in [3.05, 3.63) is 120 Å². The second-order valence-corrected chi connectivity index (χ2v) is 9.77. The van der Waals surface area contributed by atoms with Crippen molar-refractivity contribution in [2.45, 2.75) is 12.8 Å². The van der Waals surface area contributed by atoms with Crippen LogP contribution in [0.4, 0.5) is 0 Å². The van der Waals surface area contributed by atoms with E-state index >= 15 is 0 Å². The number of carbonyl (C=O) groups excluding carboxylic acids is 2. The number of aromatic hydroxyl groups is 2. The molecule has 8 nitrogen and oxygen atoms in total. The maximum absolute atomic E-state index is 12.9. The third-order valence-electron chi connectivity index (χ3n) is 6.91. The predicted molar refractivity (Wildman–Crippen MR) is 156 cm³/mol. The van der Waals surface area contributed by atoms with E-state index in [-0.39, 0.29) is 23.1 Å². The van der Waals surface area contributed by atoms with Gasteiger partial charge >= 0.3 is 0 Å². The van der Waals surface area contributed by atoms with Crippen molar-refractivity contribution >= 4 is 33.5 Å². The molecule has 8 heteroatoms. The Labute approximate surface area is 240 Å². The zero-order valence-electron chi connectivity index (χ0n) is 22.4. The minimum Gasteiger partial charge on any atom is -0.508 e. The molecule has 0 aliphatic rings. The Morgan fingerprint density at radius 2 is 0.976 bits per heavy atom. The third kappa shape index (κ3) is 5.55. The maximum atomic E-state index is 12.9. The molecule has 0 atom stereocenters. The Morgan fingerprint density at radius 1 is 0.571 bits per heavy atom. The average Bonchev–Trinajstić information content (AvgIpc) is 3.62. The van der Waals surface area contributed by atoms with Crippen LogP contribution in [0.5, 0.6) is 23.0 Å². The molecular weight excluding hydrogens is 536 g/mol. The minimum atomic E-state index is -0.198. The Morgan fingerprint density at radius 3 is 1.38 bits per heavy atom. The van der Waals surface area contributed by atoms with Gasteiger partial charge in [-0.3, -0.25) is 9.59 Å². The lowest BCUT2D eigenvalue weighted by Crippen LogP contribution is -2.04. The molecule has 0 saturated carbocycles. The van der Waals surface area contributed by atoms with Crippen molar-refractivity contribution in [3.8, 4) is 23.0 Å². The largest absolute Gasteiger partial charge is 0.508 e. The molecule has 42 heavy (non-hydrogen) atoms. The van der Waals surface area contributed by atoms with Gasteiger partial charge in [0.1, 0.15) is 46.7 Å². The van der Waals surface area contributed by atoms with Gasteiger partial charge < -0.3 is 28.5 Å². The van der Waals surface area contributed by atoms with Crippen LogP contribution in [0.1, 0.15) is 44.7 Å². The van der Waals surface area contributed by atoms with Crippen molar-refractivity contribution in [1.82, 2.24) is 0 Å². The van der Waals surface area contributed by atoms with E-state index in [0.29, 0.717) is 68.9 Å². The van der Waals surface area contributed by atoms with Crippen LogP contribution in [-0.2, 0) is 0 Å². The minimum absolute atomic E-state index is 0.0694. The number of ketones is 2. The summed E-state index contributed by atoms with van der Waals surface area (Å²) in [4.78, 5) is 25.9. The summed E-state index contributed by atoms with van der Waals surface area (Å²) in [5.41, 5.74) is 2.84. The number of rotatable bonds is 11. The van der Waals surface area contributed by atoms with Crippen molar-refractivity contribution in [1.29, 1.82) is 0 Å². The number of hydrogen-bond acceptors (Lipinski definition) is 8. The van der Waals surface area contributed by atoms with Gasteiger partial charge in [0.15, 0.2) is 11.6 Å². The molecular formula is C34H26O8. The van der Waals surface area contributed by atoms with Crippen LogP contribution in [0.2, 0.25) is 0 Å². The number of phenolic OH excluding ortho intramolecular Hbond substituents is 2. The molecule has 4 aromatic carbocycles. The van der Waals surface area contributed by atoms with Crippen molar-refractivity contribution < 1.29 is 38.1 Å². The Balaban J connectivity index is 0.949. The van der Waals surface area contributed by atoms with E-state index in [0.717, 1.165) is 12.8 Å². The van der Waals surface area contributed by atoms with E-state index in [1.165, 1.54) is 36.8 Å². The number of hydrogen-bond donors (Lipinski definition) is 2. The highest BCUT2D eigenvalue weighted by atomic mass is 16.5. The van der Waals surface area contributed by atoms with Crippen molar-refractivity contribution in [2.75, 3.05) is 13.2 Å². The third-order valence-corrected chi connectivity index (χ3v) is 6.91. The van der Waals surface area contributed by atoms with E-state index in [4.69, 9.17) is 18.3 Å². The highest BCUT2D eigenvalue weighted by Gasteiger charge is 2.17. The molecule has 0 aliphatic heterocycles. The molecule has 2 N–H and O–H groups in total. The molecule has 0 fully saturated rings. The molecule has 0 aliphatic carbocycles. The molecule has 0 unspecified atom stereocenters. The van der Waals surface area contributed by atoms with Crippen LogP contribution in [0, 0.1) is 0 Å². The summed E-state index contributed by atoms with van der Waals surface area (Å²) in [7, 11) is 0. The first-order valence-corrected chi connectivity index (χ1v) is 13.4. The summed E-state index contributed by atoms with van der Waals surface area (Å²) in [6.07, 6.45) is 4.34. The monoisotopic (exact) mass is 562 g/mol. The number of unbranched alkanes of at least 4 members (excludes halogenated alkanes) is 1. The molecule has 2 heterocycles. The van der Waals surface area contributed by atoms with E-state index in [1.807, 2.05) is 0 Å². The topological polar surface area (TPSA) is 119 Å². The maximum Gasteiger partial charge on any atom is 0.196 e. The van der Waals surface area contributed by atoms with Gasteiger partial charge in [-0.1, -0.05) is 0 Å². The standard InChI is InChI=1S/C34H26O8/c35-23-7-13-31-27(17-23)29(19-41-31)33(37)21-3-9-25(10-4-21)39-15-1-2-16-40-26-11-5-22(6-12-26)34(38)30-20-42-32-14-8-24(36)18-28(30)32/h3-14,17-20,35-36H,1-2,15-16H2. The van der Waals surface area contributed by atoms with E-state index < -0.39 is 0 Å². The highest BCUT2D eigenvalue weighted by molar-refractivity contribution is 6.16. The van der Waals surface area contributed by atoms with Gasteiger partial charge in [-0.25, -0.2) is 0 Å². The van der Waals surface area contributed by atoms with Gasteiger partial charge in [0.25, 0.3) is 0 Å². The van der Waals surface area contributed by atoms with Crippen molar-refractivity contribution in [2.24, 2.45) is 0 Å². The van der Waals surface area contributed by atoms with Gasteiger partial charge in [0, 0.05) is 21.9 Å². The lowest BCUT2D eigenvalue weighted by atomic mass is 10.0. The van der Waals surface area contributed by atoms with Crippen LogP contribution in [0.25, 0.3) is 21.9 Å². The first kappa shape index (κ1) is 26.7. The van der Waals surface area contributed by atoms with E-state index in [2.05, 4.69) is 0 Å². The van der Waals surface area contributed by atoms with Crippen molar-refractivity contribution in [3.63, 3.8) is 0 Å². The Hall–Kier alpha value is -5.50. The molecule has 0 spiro atoms. The van der Waals surface area contributed by atoms with Gasteiger partial charge in [-0.2, -0.15) is 0 Å². The number of furan rings is 2. The summed E-state index contributed by atoms with van der Waals surface area (Å²) < 4.78 is 22.5. The highest BCUT2D eigenvalue weighted by Crippen LogP contribution is 2.29. The molecule has 210 valence electrons. The zero-order chi connectivity index (χ0) is 29.1. The van der Waals surface area contributed by atoms with E-state index in [9.17, 15) is 19.8 Å². The summed E-state index contributed by atoms with van der Waals surface area (Å²) in [5.74, 6) is 1.05. The number of fused-ring (bicyclic) bond motifs is 2. The molecule has 6 aromatic rings. The van der Waals surface area contributed by atoms with Crippen LogP contribution in [0.3, 0.4) is 0 Å². The molecule has 0 saturated heterocycles. The van der Waals surface area contributed by atoms with Gasteiger partial charge in [-0.15, -0.1) is 0 Å². The summed E-state index contributed by atoms with van der Waals surface area (Å²) >= 11 is 0. The molecule has 0 bridgehead atoms. The van der Waals surface area contributed by atoms with Crippen LogP contribution in [0.15, 0.2) is 106 Å². The Bertz CT molecular complexity index is 1740. The quantitative estimate of drug-likeness (QED) is 0.125. The molecule has 2 aromatic heterocycles. The number of phenols is 2. The van der Waals surface area contributed by atoms with Crippen LogP contribution >= 0.6 is 0 Å². The fourth-order valence-corrected chi connectivity index (χ4v) is 4.69. The Kier molecular flexibility index (Phi) is 7.34. The zero-order valence-corrected chi connectivity index (χ0v) is 22.4. The van der Waals surface area contributed by atoms with E-state index in [1.54, 1.807) is 60.7 Å². The molecule has 6 rings (SSSR count). The fourth-order valence-electron chi connectivity index (χ4n) is 4.69. The first-order chi connectivity index (χ1) is 20.5. The molecule has 0 amide bonds. The smallest absolute Gasteiger partial charge is 0.196 e. The second-order valence-electron chi connectivity index (χ2n) is 9.77. The van der Waals surface area contributed by atoms with Gasteiger partial charge in [-0.05, 0) is 97.8 Å². The predicted octanol–water partition coefficient (Wildman–Crippen LogP) is 7.29. The SMILES string of the molecule is O=C(c1ccc(OCCCCOc2ccc(C(=O)c3coc4ccc(O)cc34)cc2)cc1)c1coc2ccc(O)cc12. The summed E-state index contributed by atoms with van der Waals surface area (Å²) in [6.45, 7) is 0.980. The fraction of sp³-hybridized carbons (Fsp3) is 0.118. The first-order valence-electron chi connectivity index (χ1n) is 13.4. The number of benzene rings is 4. The average molecular weight is 563 g/mol. The normalized spacial score (nSPS) is 11.1.